The molecule has 0 bridgehead atoms. The highest BCUT2D eigenvalue weighted by atomic mass is 16.3. The maximum Gasteiger partial charge on any atom is 0.270 e. The summed E-state index contributed by atoms with van der Waals surface area (Å²) in [6, 6.07) is 1.95. The van der Waals surface area contributed by atoms with E-state index in [0.29, 0.717) is 29.3 Å². The highest BCUT2D eigenvalue weighted by Gasteiger charge is 2.39. The zero-order valence-electron chi connectivity index (χ0n) is 16.2. The van der Waals surface area contributed by atoms with Crippen molar-refractivity contribution in [1.29, 1.82) is 0 Å². The Morgan fingerprint density at radius 3 is 2.58 bits per heavy atom. The Morgan fingerprint density at radius 1 is 1.27 bits per heavy atom. The molecule has 2 aliphatic rings. The molecule has 0 unspecified atom stereocenters. The van der Waals surface area contributed by atoms with Gasteiger partial charge in [-0.3, -0.25) is 4.79 Å². The van der Waals surface area contributed by atoms with Gasteiger partial charge in [-0.25, -0.2) is 9.97 Å². The summed E-state index contributed by atoms with van der Waals surface area (Å²) in [5, 5.41) is 16.4. The number of carbonyl (C=O) groups is 1. The maximum absolute atomic E-state index is 12.9. The molecule has 26 heavy (non-hydrogen) atoms. The van der Waals surface area contributed by atoms with Crippen molar-refractivity contribution >= 4 is 5.91 Å². The summed E-state index contributed by atoms with van der Waals surface area (Å²) in [7, 11) is 0. The van der Waals surface area contributed by atoms with Gasteiger partial charge in [0.2, 0.25) is 0 Å². The van der Waals surface area contributed by atoms with E-state index in [1.165, 1.54) is 0 Å². The van der Waals surface area contributed by atoms with Gasteiger partial charge < -0.3 is 15.7 Å². The molecular formula is C20H32N4O2. The number of aliphatic hydroxyl groups is 1. The van der Waals surface area contributed by atoms with E-state index in [1.54, 1.807) is 0 Å². The molecule has 1 aliphatic heterocycles. The average molecular weight is 361 g/mol. The molecular weight excluding hydrogens is 328 g/mol. The van der Waals surface area contributed by atoms with Crippen LogP contribution in [0.3, 0.4) is 0 Å². The van der Waals surface area contributed by atoms with Crippen LogP contribution in [0.15, 0.2) is 6.07 Å². The smallest absolute Gasteiger partial charge is 0.270 e. The van der Waals surface area contributed by atoms with E-state index < -0.39 is 0 Å². The molecule has 2 heterocycles. The van der Waals surface area contributed by atoms with Crippen molar-refractivity contribution in [3.8, 4) is 0 Å². The first-order valence-electron chi connectivity index (χ1n) is 9.96. The van der Waals surface area contributed by atoms with Crippen LogP contribution < -0.4 is 10.6 Å². The minimum absolute atomic E-state index is 0.106. The fraction of sp³-hybridized carbons (Fsp3) is 0.750. The molecule has 1 saturated heterocycles. The Balaban J connectivity index is 1.73. The standard InChI is InChI=1S/C20H32N4O2/c1-12(2)8-16-11-18(23-13(3)22-16)20(26)24-19(15-9-17(25)10-15)14-4-6-21-7-5-14/h11-12,14-15,17,19,21,25H,4-10H2,1-3H3,(H,24,26)/t15?,17?,19-/m1/s1. The van der Waals surface area contributed by atoms with Gasteiger partial charge in [0, 0.05) is 11.7 Å². The molecule has 1 atom stereocenters. The van der Waals surface area contributed by atoms with Gasteiger partial charge in [-0.1, -0.05) is 13.8 Å². The summed E-state index contributed by atoms with van der Waals surface area (Å²) in [5.74, 6) is 1.86. The monoisotopic (exact) mass is 360 g/mol. The van der Waals surface area contributed by atoms with E-state index in [9.17, 15) is 9.90 Å². The summed E-state index contributed by atoms with van der Waals surface area (Å²) in [4.78, 5) is 21.8. The lowest BCUT2D eigenvalue weighted by Crippen LogP contribution is -2.53. The molecule has 0 radical (unpaired) electrons. The minimum Gasteiger partial charge on any atom is -0.393 e. The molecule has 1 saturated carbocycles. The quantitative estimate of drug-likeness (QED) is 0.721. The van der Waals surface area contributed by atoms with E-state index in [2.05, 4.69) is 34.4 Å². The maximum atomic E-state index is 12.9. The van der Waals surface area contributed by atoms with E-state index in [-0.39, 0.29) is 18.1 Å². The molecule has 1 aliphatic carbocycles. The van der Waals surface area contributed by atoms with Gasteiger partial charge in [-0.05, 0) is 75.9 Å². The van der Waals surface area contributed by atoms with E-state index >= 15 is 0 Å². The van der Waals surface area contributed by atoms with Crippen molar-refractivity contribution in [2.45, 2.75) is 65.0 Å². The van der Waals surface area contributed by atoms with Gasteiger partial charge in [0.1, 0.15) is 11.5 Å². The van der Waals surface area contributed by atoms with Crippen molar-refractivity contribution in [2.24, 2.45) is 17.8 Å². The fourth-order valence-corrected chi connectivity index (χ4v) is 4.24. The Hall–Kier alpha value is -1.53. The first-order chi connectivity index (χ1) is 12.4. The molecule has 0 aromatic carbocycles. The summed E-state index contributed by atoms with van der Waals surface area (Å²) in [6.07, 6.45) is 4.35. The third-order valence-electron chi connectivity index (χ3n) is 5.59. The Bertz CT molecular complexity index is 622. The number of hydrogen-bond donors (Lipinski definition) is 3. The lowest BCUT2D eigenvalue weighted by atomic mass is 9.71. The second kappa shape index (κ2) is 8.44. The van der Waals surface area contributed by atoms with Gasteiger partial charge >= 0.3 is 0 Å². The number of aromatic nitrogens is 2. The van der Waals surface area contributed by atoms with Gasteiger partial charge in [0.05, 0.1) is 6.10 Å². The zero-order chi connectivity index (χ0) is 18.7. The highest BCUT2D eigenvalue weighted by molar-refractivity contribution is 5.92. The Morgan fingerprint density at radius 2 is 1.96 bits per heavy atom. The van der Waals surface area contributed by atoms with Crippen LogP contribution in [-0.2, 0) is 6.42 Å². The molecule has 6 heteroatoms. The second-order valence-electron chi connectivity index (χ2n) is 8.36. The predicted octanol–water partition coefficient (Wildman–Crippen LogP) is 1.85. The Kier molecular flexibility index (Phi) is 6.24. The number of aliphatic hydroxyl groups excluding tert-OH is 1. The number of nitrogens with one attached hydrogen (secondary N) is 2. The number of aryl methyl sites for hydroxylation is 1. The van der Waals surface area contributed by atoms with Crippen LogP contribution in [0.1, 0.15) is 61.5 Å². The van der Waals surface area contributed by atoms with Crippen LogP contribution in [0, 0.1) is 24.7 Å². The SMILES string of the molecule is Cc1nc(CC(C)C)cc(C(=O)N[C@H](C2CCNCC2)C2CC(O)C2)n1. The van der Waals surface area contributed by atoms with Crippen LogP contribution in [0.2, 0.25) is 0 Å². The average Bonchev–Trinajstić information content (AvgIpc) is 2.56. The number of rotatable bonds is 6. The summed E-state index contributed by atoms with van der Waals surface area (Å²) >= 11 is 0. The van der Waals surface area contributed by atoms with Crippen molar-refractivity contribution in [2.75, 3.05) is 13.1 Å². The normalized spacial score (nSPS) is 25.0. The topological polar surface area (TPSA) is 87.1 Å². The first kappa shape index (κ1) is 19.2. The number of nitrogens with zero attached hydrogens (tertiary/aromatic N) is 2. The lowest BCUT2D eigenvalue weighted by Gasteiger charge is -2.43. The zero-order valence-corrected chi connectivity index (χ0v) is 16.2. The second-order valence-corrected chi connectivity index (χ2v) is 8.36. The van der Waals surface area contributed by atoms with Crippen molar-refractivity contribution in [1.82, 2.24) is 20.6 Å². The van der Waals surface area contributed by atoms with E-state index in [4.69, 9.17) is 0 Å². The van der Waals surface area contributed by atoms with Crippen molar-refractivity contribution in [3.63, 3.8) is 0 Å². The molecule has 6 nitrogen and oxygen atoms in total. The Labute approximate surface area is 156 Å². The van der Waals surface area contributed by atoms with Gasteiger partial charge in [0.15, 0.2) is 0 Å². The van der Waals surface area contributed by atoms with Gasteiger partial charge in [-0.2, -0.15) is 0 Å². The minimum atomic E-state index is -0.208. The fourth-order valence-electron chi connectivity index (χ4n) is 4.24. The molecule has 1 aromatic heterocycles. The van der Waals surface area contributed by atoms with Crippen LogP contribution >= 0.6 is 0 Å². The van der Waals surface area contributed by atoms with E-state index in [1.807, 2.05) is 13.0 Å². The summed E-state index contributed by atoms with van der Waals surface area (Å²) in [5.41, 5.74) is 1.39. The first-order valence-corrected chi connectivity index (χ1v) is 9.96. The van der Waals surface area contributed by atoms with Crippen LogP contribution in [0.25, 0.3) is 0 Å². The third-order valence-corrected chi connectivity index (χ3v) is 5.59. The molecule has 2 fully saturated rings. The molecule has 3 rings (SSSR count). The van der Waals surface area contributed by atoms with Crippen molar-refractivity contribution in [3.05, 3.63) is 23.3 Å². The van der Waals surface area contributed by atoms with Crippen LogP contribution in [0.4, 0.5) is 0 Å². The predicted molar refractivity (Wildman–Crippen MR) is 101 cm³/mol. The largest absolute Gasteiger partial charge is 0.393 e. The van der Waals surface area contributed by atoms with Crippen LogP contribution in [0.5, 0.6) is 0 Å². The molecule has 1 amide bonds. The third kappa shape index (κ3) is 4.80. The molecule has 3 N–H and O–H groups in total. The highest BCUT2D eigenvalue weighted by Crippen LogP contribution is 2.35. The number of carbonyl (C=O) groups excluding carboxylic acids is 1. The van der Waals surface area contributed by atoms with Crippen molar-refractivity contribution < 1.29 is 9.90 Å². The van der Waals surface area contributed by atoms with Gasteiger partial charge in [0.25, 0.3) is 5.91 Å². The molecule has 144 valence electrons. The van der Waals surface area contributed by atoms with Crippen LogP contribution in [-0.4, -0.2) is 46.2 Å². The molecule has 0 spiro atoms. The molecule has 1 aromatic rings. The number of hydrogen-bond acceptors (Lipinski definition) is 5. The number of amides is 1. The van der Waals surface area contributed by atoms with Gasteiger partial charge in [-0.15, -0.1) is 0 Å². The lowest BCUT2D eigenvalue weighted by molar-refractivity contribution is 0.00913. The van der Waals surface area contributed by atoms with E-state index in [0.717, 1.165) is 50.9 Å². The summed E-state index contributed by atoms with van der Waals surface area (Å²) < 4.78 is 0. The number of piperidine rings is 1. The summed E-state index contributed by atoms with van der Waals surface area (Å²) in [6.45, 7) is 8.13.